The number of anilines is 2. The SMILES string of the molecule is CCN(CC)c1ccc(N2CC=C[C@]34S[C@H]5C=CCCOC(=O)[C@H]5[C@H]3C(=O)N(CCCCCO)C4C2=O)cc1. The molecular formula is C30H39N3O5S. The molecule has 2 amide bonds. The summed E-state index contributed by atoms with van der Waals surface area (Å²) >= 11 is 1.57. The molecule has 4 aliphatic rings. The van der Waals surface area contributed by atoms with Gasteiger partial charge in [0.05, 0.1) is 23.2 Å². The topological polar surface area (TPSA) is 90.4 Å². The Labute approximate surface area is 235 Å². The number of nitrogens with zero attached hydrogens (tertiary/aromatic N) is 3. The van der Waals surface area contributed by atoms with Gasteiger partial charge in [0, 0.05) is 49.4 Å². The number of fused-ring (bicyclic) bond motifs is 2. The van der Waals surface area contributed by atoms with Crippen LogP contribution in [0.1, 0.15) is 39.5 Å². The monoisotopic (exact) mass is 553 g/mol. The molecule has 1 spiro atoms. The highest BCUT2D eigenvalue weighted by Crippen LogP contribution is 2.61. The van der Waals surface area contributed by atoms with Crippen molar-refractivity contribution < 1.29 is 24.2 Å². The maximum atomic E-state index is 14.5. The lowest BCUT2D eigenvalue weighted by Gasteiger charge is -2.35. The number of ether oxygens (including phenoxy) is 1. The molecule has 2 fully saturated rings. The Morgan fingerprint density at radius 1 is 1.05 bits per heavy atom. The van der Waals surface area contributed by atoms with Gasteiger partial charge in [0.2, 0.25) is 5.91 Å². The first-order chi connectivity index (χ1) is 19.0. The van der Waals surface area contributed by atoms with Crippen molar-refractivity contribution in [3.63, 3.8) is 0 Å². The number of benzene rings is 1. The van der Waals surface area contributed by atoms with Gasteiger partial charge < -0.3 is 24.5 Å². The van der Waals surface area contributed by atoms with Gasteiger partial charge in [-0.2, -0.15) is 0 Å². The Kier molecular flexibility index (Phi) is 8.38. The minimum absolute atomic E-state index is 0.0979. The van der Waals surface area contributed by atoms with E-state index in [0.29, 0.717) is 39.0 Å². The second kappa shape index (κ2) is 11.8. The van der Waals surface area contributed by atoms with E-state index >= 15 is 0 Å². The summed E-state index contributed by atoms with van der Waals surface area (Å²) in [4.78, 5) is 47.5. The van der Waals surface area contributed by atoms with Gasteiger partial charge >= 0.3 is 5.97 Å². The van der Waals surface area contributed by atoms with Crippen LogP contribution in [0.25, 0.3) is 0 Å². The number of amides is 2. The molecule has 9 heteroatoms. The average molecular weight is 554 g/mol. The number of aliphatic hydroxyl groups is 1. The van der Waals surface area contributed by atoms with Crippen LogP contribution in [-0.4, -0.2) is 83.2 Å². The highest BCUT2D eigenvalue weighted by Gasteiger charge is 2.70. The van der Waals surface area contributed by atoms with Crippen LogP contribution >= 0.6 is 11.8 Å². The number of carbonyl (C=O) groups is 3. The predicted molar refractivity (Wildman–Crippen MR) is 154 cm³/mol. The molecule has 1 unspecified atom stereocenters. The molecule has 5 atom stereocenters. The van der Waals surface area contributed by atoms with Crippen LogP contribution in [0.2, 0.25) is 0 Å². The molecule has 1 aromatic rings. The summed E-state index contributed by atoms with van der Waals surface area (Å²) in [6.45, 7) is 7.25. The fourth-order valence-corrected chi connectivity index (χ4v) is 8.58. The molecule has 8 nitrogen and oxygen atoms in total. The van der Waals surface area contributed by atoms with E-state index in [4.69, 9.17) is 4.74 Å². The Bertz CT molecular complexity index is 1130. The van der Waals surface area contributed by atoms with Crippen LogP contribution < -0.4 is 9.80 Å². The quantitative estimate of drug-likeness (QED) is 0.285. The summed E-state index contributed by atoms with van der Waals surface area (Å²) in [5.74, 6) is -1.89. The van der Waals surface area contributed by atoms with Crippen molar-refractivity contribution >= 4 is 40.9 Å². The summed E-state index contributed by atoms with van der Waals surface area (Å²) in [6, 6.07) is 7.33. The molecule has 0 bridgehead atoms. The second-order valence-electron chi connectivity index (χ2n) is 10.6. The van der Waals surface area contributed by atoms with E-state index in [1.165, 1.54) is 0 Å². The number of aliphatic hydroxyl groups excluding tert-OH is 1. The number of hydrogen-bond acceptors (Lipinski definition) is 7. The predicted octanol–water partition coefficient (Wildman–Crippen LogP) is 3.40. The van der Waals surface area contributed by atoms with Crippen molar-refractivity contribution in [2.75, 3.05) is 49.2 Å². The van der Waals surface area contributed by atoms with E-state index in [2.05, 4.69) is 18.7 Å². The maximum absolute atomic E-state index is 14.5. The molecule has 0 radical (unpaired) electrons. The zero-order chi connectivity index (χ0) is 27.6. The van der Waals surface area contributed by atoms with Crippen molar-refractivity contribution in [2.45, 2.75) is 55.6 Å². The molecule has 2 saturated heterocycles. The molecule has 0 aliphatic carbocycles. The molecule has 39 heavy (non-hydrogen) atoms. The molecule has 1 aromatic carbocycles. The largest absolute Gasteiger partial charge is 0.465 e. The van der Waals surface area contributed by atoms with Gasteiger partial charge in [-0.05, 0) is 63.8 Å². The Hall–Kier alpha value is -2.78. The molecule has 210 valence electrons. The first-order valence-corrected chi connectivity index (χ1v) is 15.1. The third kappa shape index (κ3) is 4.88. The van der Waals surface area contributed by atoms with Gasteiger partial charge in [0.15, 0.2) is 0 Å². The third-order valence-electron chi connectivity index (χ3n) is 8.47. The van der Waals surface area contributed by atoms with Crippen LogP contribution in [0.15, 0.2) is 48.6 Å². The van der Waals surface area contributed by atoms with E-state index in [1.807, 2.05) is 48.6 Å². The van der Waals surface area contributed by atoms with E-state index in [9.17, 15) is 19.5 Å². The first-order valence-electron chi connectivity index (χ1n) is 14.2. The standard InChI is InChI=1S/C30H39N3O5S/c1-3-31(4-2)21-12-14-22(15-13-21)32-18-10-16-30-25(24-23(39-30)11-6-9-20-38-29(24)37)27(35)33(26(30)28(32)36)17-7-5-8-19-34/h6,10-16,23-26,34H,3-5,7-9,17-20H2,1-2H3/t23-,24+,25-,26?,30-/m0/s1. The second-order valence-corrected chi connectivity index (χ2v) is 12.1. The molecule has 5 rings (SSSR count). The number of likely N-dealkylation sites (tertiary alicyclic amines) is 1. The number of carbonyl (C=O) groups excluding carboxylic acids is 3. The van der Waals surface area contributed by atoms with Crippen molar-refractivity contribution in [3.8, 4) is 0 Å². The van der Waals surface area contributed by atoms with Crippen LogP contribution in [0.5, 0.6) is 0 Å². The van der Waals surface area contributed by atoms with Crippen molar-refractivity contribution in [2.24, 2.45) is 11.8 Å². The Balaban J connectivity index is 1.52. The summed E-state index contributed by atoms with van der Waals surface area (Å²) < 4.78 is 4.71. The summed E-state index contributed by atoms with van der Waals surface area (Å²) in [5.41, 5.74) is 1.90. The first kappa shape index (κ1) is 27.8. The lowest BCUT2D eigenvalue weighted by molar-refractivity contribution is -0.153. The number of hydrogen-bond donors (Lipinski definition) is 1. The number of esters is 1. The van der Waals surface area contributed by atoms with Crippen molar-refractivity contribution in [1.82, 2.24) is 4.90 Å². The lowest BCUT2D eigenvalue weighted by atomic mass is 9.78. The summed E-state index contributed by atoms with van der Waals surface area (Å²) in [5, 5.41) is 9.03. The van der Waals surface area contributed by atoms with Crippen LogP contribution in [0, 0.1) is 11.8 Å². The van der Waals surface area contributed by atoms with Gasteiger partial charge in [-0.3, -0.25) is 14.4 Å². The van der Waals surface area contributed by atoms with E-state index in [-0.39, 0.29) is 29.6 Å². The lowest BCUT2D eigenvalue weighted by Crippen LogP contribution is -2.53. The highest BCUT2D eigenvalue weighted by atomic mass is 32.2. The summed E-state index contributed by atoms with van der Waals surface area (Å²) in [6.07, 6.45) is 10.8. The van der Waals surface area contributed by atoms with Gasteiger partial charge in [0.25, 0.3) is 5.91 Å². The number of rotatable bonds is 9. The van der Waals surface area contributed by atoms with Crippen LogP contribution in [0.4, 0.5) is 11.4 Å². The number of unbranched alkanes of at least 4 members (excludes halogenated alkanes) is 2. The maximum Gasteiger partial charge on any atom is 0.311 e. The molecule has 1 N–H and O–H groups in total. The molecule has 4 heterocycles. The molecular weight excluding hydrogens is 514 g/mol. The molecule has 0 aromatic heterocycles. The summed E-state index contributed by atoms with van der Waals surface area (Å²) in [7, 11) is 0. The third-order valence-corrected chi connectivity index (χ3v) is 10.2. The van der Waals surface area contributed by atoms with E-state index < -0.39 is 22.6 Å². The Morgan fingerprint density at radius 2 is 1.82 bits per heavy atom. The van der Waals surface area contributed by atoms with Crippen molar-refractivity contribution in [1.29, 1.82) is 0 Å². The minimum atomic E-state index is -0.843. The highest BCUT2D eigenvalue weighted by molar-refractivity contribution is 8.02. The number of thioether (sulfide) groups is 1. The van der Waals surface area contributed by atoms with E-state index in [0.717, 1.165) is 30.9 Å². The van der Waals surface area contributed by atoms with Gasteiger partial charge in [-0.15, -0.1) is 11.8 Å². The van der Waals surface area contributed by atoms with E-state index in [1.54, 1.807) is 21.6 Å². The smallest absolute Gasteiger partial charge is 0.311 e. The molecule has 4 aliphatic heterocycles. The fraction of sp³-hybridized carbons (Fsp3) is 0.567. The van der Waals surface area contributed by atoms with Crippen molar-refractivity contribution in [3.05, 3.63) is 48.6 Å². The average Bonchev–Trinajstić information content (AvgIpc) is 3.31. The van der Waals surface area contributed by atoms with Crippen LogP contribution in [0.3, 0.4) is 0 Å². The number of cyclic esters (lactones) is 1. The minimum Gasteiger partial charge on any atom is -0.465 e. The zero-order valence-corrected chi connectivity index (χ0v) is 23.6. The van der Waals surface area contributed by atoms with Crippen LogP contribution in [-0.2, 0) is 19.1 Å². The zero-order valence-electron chi connectivity index (χ0n) is 22.8. The van der Waals surface area contributed by atoms with Gasteiger partial charge in [-0.1, -0.05) is 24.3 Å². The molecule has 0 saturated carbocycles. The van der Waals surface area contributed by atoms with Gasteiger partial charge in [0.1, 0.15) is 6.04 Å². The van der Waals surface area contributed by atoms with Gasteiger partial charge in [-0.25, -0.2) is 0 Å². The fourth-order valence-electron chi connectivity index (χ4n) is 6.58. The Morgan fingerprint density at radius 3 is 2.54 bits per heavy atom. The normalized spacial score (nSPS) is 29.9.